The first-order valence-corrected chi connectivity index (χ1v) is 5.93. The summed E-state index contributed by atoms with van der Waals surface area (Å²) >= 11 is 0. The number of nitrogens with two attached hydrogens (primary N) is 1. The Morgan fingerprint density at radius 1 is 1.20 bits per heavy atom. The minimum absolute atomic E-state index is 0.0291. The van der Waals surface area contributed by atoms with Gasteiger partial charge in [0.25, 0.3) is 0 Å². The molecule has 2 rings (SSSR count). The summed E-state index contributed by atoms with van der Waals surface area (Å²) in [5, 5.41) is 11.3. The molecular weight excluding hydrogens is 254 g/mol. The van der Waals surface area contributed by atoms with Crippen LogP contribution in [-0.4, -0.2) is 16.6 Å². The predicted octanol–water partition coefficient (Wildman–Crippen LogP) is 2.69. The van der Waals surface area contributed by atoms with Crippen LogP contribution in [0.3, 0.4) is 0 Å². The van der Waals surface area contributed by atoms with Gasteiger partial charge in [-0.3, -0.25) is 9.78 Å². The second kappa shape index (κ2) is 6.33. The van der Waals surface area contributed by atoms with Crippen LogP contribution in [0.15, 0.2) is 64.1 Å². The average Bonchev–Trinajstić information content (AvgIpc) is 2.48. The van der Waals surface area contributed by atoms with Crippen LogP contribution in [0.5, 0.6) is 0 Å². The van der Waals surface area contributed by atoms with Gasteiger partial charge in [-0.1, -0.05) is 18.2 Å². The molecule has 0 atom stereocenters. The molecule has 1 heterocycles. The second-order valence-corrected chi connectivity index (χ2v) is 4.00. The van der Waals surface area contributed by atoms with Gasteiger partial charge in [0.2, 0.25) is 0 Å². The van der Waals surface area contributed by atoms with Crippen molar-refractivity contribution in [2.75, 3.05) is 0 Å². The highest BCUT2D eigenvalue weighted by Crippen LogP contribution is 2.15. The largest absolute Gasteiger partial charge is 0.380 e. The molecule has 1 aromatic carbocycles. The Bertz CT molecular complexity index is 664. The van der Waals surface area contributed by atoms with Crippen molar-refractivity contribution in [2.24, 2.45) is 21.2 Å². The Labute approximate surface area is 116 Å². The Morgan fingerprint density at radius 3 is 2.75 bits per heavy atom. The summed E-state index contributed by atoms with van der Waals surface area (Å²) in [4.78, 5) is 15.3. The molecule has 0 radical (unpaired) electrons. The van der Waals surface area contributed by atoms with E-state index in [4.69, 9.17) is 5.73 Å². The van der Waals surface area contributed by atoms with Crippen molar-refractivity contribution in [1.82, 2.24) is 4.98 Å². The van der Waals surface area contributed by atoms with Gasteiger partial charge in [-0.25, -0.2) is 0 Å². The van der Waals surface area contributed by atoms with Gasteiger partial charge < -0.3 is 5.73 Å². The van der Waals surface area contributed by atoms with Crippen LogP contribution in [0, 0.1) is 0 Å². The van der Waals surface area contributed by atoms with Gasteiger partial charge in [0, 0.05) is 11.8 Å². The summed E-state index contributed by atoms with van der Waals surface area (Å²) in [6.45, 7) is 1.49. The van der Waals surface area contributed by atoms with Gasteiger partial charge in [0.15, 0.2) is 11.6 Å². The minimum atomic E-state index is -0.0291. The molecule has 100 valence electrons. The van der Waals surface area contributed by atoms with E-state index in [0.717, 1.165) is 0 Å². The molecule has 0 fully saturated rings. The summed E-state index contributed by atoms with van der Waals surface area (Å²) in [6.07, 6.45) is 1.62. The Hall–Kier alpha value is -2.89. The van der Waals surface area contributed by atoms with E-state index in [9.17, 15) is 4.79 Å². The molecule has 0 saturated carbocycles. The highest BCUT2D eigenvalue weighted by atomic mass is 16.1. The fourth-order valence-electron chi connectivity index (χ4n) is 1.47. The quantitative estimate of drug-likeness (QED) is 0.303. The highest BCUT2D eigenvalue weighted by Gasteiger charge is 2.00. The molecule has 6 nitrogen and oxygen atoms in total. The summed E-state index contributed by atoms with van der Waals surface area (Å²) < 4.78 is 0. The number of benzene rings is 1. The number of Topliss-reactive ketones (excluding diaryl/α,β-unsaturated/α-hetero) is 1. The summed E-state index contributed by atoms with van der Waals surface area (Å²) in [5.41, 5.74) is 7.36. The molecule has 0 bridgehead atoms. The Morgan fingerprint density at radius 2 is 2.05 bits per heavy atom. The van der Waals surface area contributed by atoms with Gasteiger partial charge in [-0.15, -0.1) is 10.2 Å². The molecule has 6 heteroatoms. The molecule has 2 N–H and O–H groups in total. The molecule has 2 aromatic rings. The predicted molar refractivity (Wildman–Crippen MR) is 75.9 cm³/mol. The number of ketones is 1. The number of hydrogen-bond acceptors (Lipinski definition) is 4. The SMILES string of the molecule is CC(=O)c1cccc(N=N/N=C(\N)c2ccccn2)c1. The zero-order chi connectivity index (χ0) is 14.4. The molecule has 0 amide bonds. The van der Waals surface area contributed by atoms with Gasteiger partial charge in [0.1, 0.15) is 5.69 Å². The normalized spacial score (nSPS) is 11.8. The maximum atomic E-state index is 11.2. The topological polar surface area (TPSA) is 93.1 Å². The number of carbonyl (C=O) groups is 1. The van der Waals surface area contributed by atoms with Gasteiger partial charge in [0.05, 0.1) is 5.69 Å². The first kappa shape index (κ1) is 13.5. The Balaban J connectivity index is 2.14. The maximum Gasteiger partial charge on any atom is 0.173 e. The number of amidine groups is 1. The minimum Gasteiger partial charge on any atom is -0.380 e. The fourth-order valence-corrected chi connectivity index (χ4v) is 1.47. The van der Waals surface area contributed by atoms with E-state index in [1.54, 1.807) is 48.7 Å². The first-order valence-electron chi connectivity index (χ1n) is 5.93. The van der Waals surface area contributed by atoms with E-state index in [2.05, 4.69) is 20.4 Å². The van der Waals surface area contributed by atoms with Crippen molar-refractivity contribution < 1.29 is 4.79 Å². The molecule has 0 spiro atoms. The van der Waals surface area contributed by atoms with Crippen LogP contribution in [-0.2, 0) is 0 Å². The number of rotatable bonds is 4. The van der Waals surface area contributed by atoms with Gasteiger partial charge in [-0.2, -0.15) is 0 Å². The third kappa shape index (κ3) is 3.55. The lowest BCUT2D eigenvalue weighted by molar-refractivity contribution is 0.101. The lowest BCUT2D eigenvalue weighted by atomic mass is 10.1. The van der Waals surface area contributed by atoms with Crippen molar-refractivity contribution in [3.8, 4) is 0 Å². The van der Waals surface area contributed by atoms with E-state index in [-0.39, 0.29) is 11.6 Å². The Kier molecular flexibility index (Phi) is 4.28. The lowest BCUT2D eigenvalue weighted by Gasteiger charge is -1.96. The maximum absolute atomic E-state index is 11.2. The monoisotopic (exact) mass is 267 g/mol. The first-order chi connectivity index (χ1) is 9.66. The molecule has 20 heavy (non-hydrogen) atoms. The number of carbonyl (C=O) groups excluding carboxylic acids is 1. The molecular formula is C14H13N5O. The molecule has 0 aliphatic heterocycles. The van der Waals surface area contributed by atoms with E-state index < -0.39 is 0 Å². The number of hydrogen-bond donors (Lipinski definition) is 1. The standard InChI is InChI=1S/C14H13N5O/c1-10(20)11-5-4-6-12(9-11)17-19-18-14(15)13-7-2-3-8-16-13/h2-9H,1H3,(H2,15,17,18). The van der Waals surface area contributed by atoms with E-state index in [1.165, 1.54) is 6.92 Å². The number of nitrogens with zero attached hydrogens (tertiary/aromatic N) is 4. The number of aromatic nitrogens is 1. The third-order valence-electron chi connectivity index (χ3n) is 2.49. The molecule has 0 aliphatic carbocycles. The lowest BCUT2D eigenvalue weighted by Crippen LogP contribution is -2.13. The van der Waals surface area contributed by atoms with Crippen LogP contribution in [0.25, 0.3) is 0 Å². The van der Waals surface area contributed by atoms with Crippen LogP contribution in [0.2, 0.25) is 0 Å². The van der Waals surface area contributed by atoms with Crippen molar-refractivity contribution >= 4 is 17.3 Å². The third-order valence-corrected chi connectivity index (χ3v) is 2.49. The van der Waals surface area contributed by atoms with Gasteiger partial charge in [-0.05, 0) is 36.4 Å². The molecule has 1 aromatic heterocycles. The van der Waals surface area contributed by atoms with E-state index in [0.29, 0.717) is 16.9 Å². The molecule has 0 aliphatic rings. The van der Waals surface area contributed by atoms with Crippen LogP contribution in [0.1, 0.15) is 23.0 Å². The van der Waals surface area contributed by atoms with Crippen LogP contribution < -0.4 is 5.73 Å². The highest BCUT2D eigenvalue weighted by molar-refractivity contribution is 5.95. The van der Waals surface area contributed by atoms with Crippen molar-refractivity contribution in [3.05, 3.63) is 59.9 Å². The second-order valence-electron chi connectivity index (χ2n) is 4.00. The van der Waals surface area contributed by atoms with Crippen LogP contribution in [0.4, 0.5) is 5.69 Å². The fraction of sp³-hybridized carbons (Fsp3) is 0.0714. The van der Waals surface area contributed by atoms with Gasteiger partial charge >= 0.3 is 0 Å². The zero-order valence-corrected chi connectivity index (χ0v) is 10.9. The summed E-state index contributed by atoms with van der Waals surface area (Å²) in [6, 6.07) is 12.1. The molecule has 0 saturated heterocycles. The summed E-state index contributed by atoms with van der Waals surface area (Å²) in [5.74, 6) is 0.149. The summed E-state index contributed by atoms with van der Waals surface area (Å²) in [7, 11) is 0. The van der Waals surface area contributed by atoms with Crippen LogP contribution >= 0.6 is 0 Å². The van der Waals surface area contributed by atoms with E-state index >= 15 is 0 Å². The van der Waals surface area contributed by atoms with Crippen molar-refractivity contribution in [3.63, 3.8) is 0 Å². The van der Waals surface area contributed by atoms with Crippen molar-refractivity contribution in [2.45, 2.75) is 6.92 Å². The van der Waals surface area contributed by atoms with E-state index in [1.807, 2.05) is 0 Å². The molecule has 0 unspecified atom stereocenters. The average molecular weight is 267 g/mol. The smallest absolute Gasteiger partial charge is 0.173 e. The van der Waals surface area contributed by atoms with Crippen molar-refractivity contribution in [1.29, 1.82) is 0 Å². The number of pyridine rings is 1. The zero-order valence-electron chi connectivity index (χ0n) is 10.9.